The van der Waals surface area contributed by atoms with Gasteiger partial charge in [-0.25, -0.2) is 0 Å². The summed E-state index contributed by atoms with van der Waals surface area (Å²) < 4.78 is 0. The Balaban J connectivity index is 1.79. The van der Waals surface area contributed by atoms with Gasteiger partial charge in [0, 0.05) is 36.9 Å². The Morgan fingerprint density at radius 2 is 1.75 bits per heavy atom. The predicted octanol–water partition coefficient (Wildman–Crippen LogP) is 5.76. The number of anilines is 2. The molecule has 2 aromatic rings. The summed E-state index contributed by atoms with van der Waals surface area (Å²) in [6.45, 7) is 6.59. The minimum Gasteiger partial charge on any atom is -0.371 e. The van der Waals surface area contributed by atoms with Gasteiger partial charge in [0.1, 0.15) is 0 Å². The maximum Gasteiger partial charge on any atom is 0.253 e. The molecule has 0 bridgehead atoms. The smallest absolute Gasteiger partial charge is 0.253 e. The minimum atomic E-state index is -0.108. The summed E-state index contributed by atoms with van der Waals surface area (Å²) in [5, 5.41) is 6.12. The molecule has 3 rings (SSSR count). The van der Waals surface area contributed by atoms with Crippen LogP contribution in [0.25, 0.3) is 0 Å². The zero-order valence-corrected chi connectivity index (χ0v) is 19.5. The molecule has 1 saturated heterocycles. The molecule has 32 heavy (non-hydrogen) atoms. The van der Waals surface area contributed by atoms with E-state index in [1.165, 1.54) is 6.42 Å². The lowest BCUT2D eigenvalue weighted by Crippen LogP contribution is -2.33. The fraction of sp³-hybridized carbons (Fsp3) is 0.481. The van der Waals surface area contributed by atoms with Crippen molar-refractivity contribution in [3.8, 4) is 0 Å². The molecule has 172 valence electrons. The van der Waals surface area contributed by atoms with Gasteiger partial charge in [-0.1, -0.05) is 57.0 Å². The molecule has 0 aliphatic carbocycles. The second-order valence-corrected chi connectivity index (χ2v) is 8.68. The van der Waals surface area contributed by atoms with E-state index in [1.807, 2.05) is 48.5 Å². The van der Waals surface area contributed by atoms with Crippen LogP contribution in [0.1, 0.15) is 74.7 Å². The van der Waals surface area contributed by atoms with Crippen LogP contribution >= 0.6 is 0 Å². The molecule has 1 aliphatic heterocycles. The number of hydrogen-bond acceptors (Lipinski definition) is 3. The highest BCUT2D eigenvalue weighted by atomic mass is 16.2. The monoisotopic (exact) mass is 435 g/mol. The van der Waals surface area contributed by atoms with Gasteiger partial charge in [-0.15, -0.1) is 0 Å². The van der Waals surface area contributed by atoms with Crippen molar-refractivity contribution in [1.82, 2.24) is 5.32 Å². The number of hydrogen-bond donors (Lipinski definition) is 2. The van der Waals surface area contributed by atoms with E-state index in [0.717, 1.165) is 62.9 Å². The van der Waals surface area contributed by atoms with Gasteiger partial charge in [0.2, 0.25) is 5.91 Å². The summed E-state index contributed by atoms with van der Waals surface area (Å²) in [5.41, 5.74) is 3.33. The Morgan fingerprint density at radius 1 is 1.00 bits per heavy atom. The van der Waals surface area contributed by atoms with Crippen LogP contribution in [0.3, 0.4) is 0 Å². The number of carbonyl (C=O) groups excluding carboxylic acids is 2. The fourth-order valence-corrected chi connectivity index (χ4v) is 4.30. The standard InChI is InChI=1S/C27H37N3O2/c1-3-5-14-22(4-2)26(31)29-23-15-16-25(30-17-10-7-11-18-30)24(19-23)27(32)28-20-21-12-8-6-9-13-21/h6,8-9,12-13,15-16,19,22H,3-5,7,10-11,14,17-18,20H2,1-2H3,(H,28,32)(H,29,31). The third-order valence-electron chi connectivity index (χ3n) is 6.27. The van der Waals surface area contributed by atoms with Gasteiger partial charge in [0.05, 0.1) is 5.56 Å². The summed E-state index contributed by atoms with van der Waals surface area (Å²) in [7, 11) is 0. The Kier molecular flexibility index (Phi) is 9.14. The van der Waals surface area contributed by atoms with Crippen molar-refractivity contribution in [3.05, 3.63) is 59.7 Å². The molecule has 1 unspecified atom stereocenters. The number of unbranched alkanes of at least 4 members (excludes halogenated alkanes) is 1. The molecule has 5 nitrogen and oxygen atoms in total. The van der Waals surface area contributed by atoms with Crippen molar-refractivity contribution < 1.29 is 9.59 Å². The lowest BCUT2D eigenvalue weighted by molar-refractivity contribution is -0.120. The van der Waals surface area contributed by atoms with Gasteiger partial charge in [0.25, 0.3) is 5.91 Å². The number of nitrogens with one attached hydrogen (secondary N) is 2. The second-order valence-electron chi connectivity index (χ2n) is 8.68. The number of rotatable bonds is 10. The Morgan fingerprint density at radius 3 is 2.44 bits per heavy atom. The zero-order valence-electron chi connectivity index (χ0n) is 19.5. The summed E-state index contributed by atoms with van der Waals surface area (Å²) in [5.74, 6) is -0.0575. The average molecular weight is 436 g/mol. The van der Waals surface area contributed by atoms with E-state index in [-0.39, 0.29) is 17.7 Å². The number of piperidine rings is 1. The van der Waals surface area contributed by atoms with E-state index in [4.69, 9.17) is 0 Å². The van der Waals surface area contributed by atoms with Gasteiger partial charge in [-0.2, -0.15) is 0 Å². The molecule has 1 heterocycles. The van der Waals surface area contributed by atoms with E-state index in [1.54, 1.807) is 0 Å². The van der Waals surface area contributed by atoms with Gasteiger partial charge < -0.3 is 15.5 Å². The van der Waals surface area contributed by atoms with Crippen LogP contribution in [0.4, 0.5) is 11.4 Å². The molecule has 1 aliphatic rings. The molecule has 1 atom stereocenters. The molecule has 2 amide bonds. The van der Waals surface area contributed by atoms with Crippen LogP contribution in [0, 0.1) is 5.92 Å². The first kappa shape index (κ1) is 23.8. The zero-order chi connectivity index (χ0) is 22.8. The normalized spacial score (nSPS) is 14.6. The first-order valence-electron chi connectivity index (χ1n) is 12.1. The number of nitrogens with zero attached hydrogens (tertiary/aromatic N) is 1. The molecule has 5 heteroatoms. The van der Waals surface area contributed by atoms with Crippen molar-refractivity contribution in [2.24, 2.45) is 5.92 Å². The van der Waals surface area contributed by atoms with Crippen molar-refractivity contribution in [2.45, 2.75) is 65.3 Å². The minimum absolute atomic E-state index is 0.00655. The van der Waals surface area contributed by atoms with Gasteiger partial charge in [-0.3, -0.25) is 9.59 Å². The predicted molar refractivity (Wildman–Crippen MR) is 132 cm³/mol. The van der Waals surface area contributed by atoms with E-state index >= 15 is 0 Å². The molecule has 0 radical (unpaired) electrons. The third kappa shape index (κ3) is 6.59. The first-order valence-corrected chi connectivity index (χ1v) is 12.1. The maximum atomic E-state index is 13.2. The summed E-state index contributed by atoms with van der Waals surface area (Å²) in [4.78, 5) is 28.3. The first-order chi connectivity index (χ1) is 15.6. The molecular formula is C27H37N3O2. The summed E-state index contributed by atoms with van der Waals surface area (Å²) in [6, 6.07) is 15.7. The van der Waals surface area contributed by atoms with Crippen LogP contribution in [0.5, 0.6) is 0 Å². The SMILES string of the molecule is CCCCC(CC)C(=O)Nc1ccc(N2CCCCC2)c(C(=O)NCc2ccccc2)c1. The van der Waals surface area contributed by atoms with Crippen molar-refractivity contribution >= 4 is 23.2 Å². The molecule has 0 aromatic heterocycles. The number of benzene rings is 2. The van der Waals surface area contributed by atoms with Gasteiger partial charge in [-0.05, 0) is 55.9 Å². The molecule has 1 fully saturated rings. The number of carbonyl (C=O) groups is 2. The highest BCUT2D eigenvalue weighted by Gasteiger charge is 2.21. The van der Waals surface area contributed by atoms with Gasteiger partial charge >= 0.3 is 0 Å². The lowest BCUT2D eigenvalue weighted by Gasteiger charge is -2.30. The Hall–Kier alpha value is -2.82. The van der Waals surface area contributed by atoms with Crippen LogP contribution in [-0.2, 0) is 11.3 Å². The Labute approximate surface area is 192 Å². The highest BCUT2D eigenvalue weighted by molar-refractivity contribution is 6.02. The van der Waals surface area contributed by atoms with E-state index in [2.05, 4.69) is 29.4 Å². The topological polar surface area (TPSA) is 61.4 Å². The van der Waals surface area contributed by atoms with Crippen LogP contribution in [0.15, 0.2) is 48.5 Å². The molecule has 0 spiro atoms. The van der Waals surface area contributed by atoms with Crippen LogP contribution in [0.2, 0.25) is 0 Å². The largest absolute Gasteiger partial charge is 0.371 e. The lowest BCUT2D eigenvalue weighted by atomic mass is 9.98. The van der Waals surface area contributed by atoms with Crippen molar-refractivity contribution in [1.29, 1.82) is 0 Å². The van der Waals surface area contributed by atoms with E-state index < -0.39 is 0 Å². The summed E-state index contributed by atoms with van der Waals surface area (Å²) >= 11 is 0. The maximum absolute atomic E-state index is 13.2. The second kappa shape index (κ2) is 12.3. The van der Waals surface area contributed by atoms with Crippen molar-refractivity contribution in [3.63, 3.8) is 0 Å². The number of amides is 2. The molecule has 0 saturated carbocycles. The van der Waals surface area contributed by atoms with E-state index in [0.29, 0.717) is 17.8 Å². The highest BCUT2D eigenvalue weighted by Crippen LogP contribution is 2.28. The van der Waals surface area contributed by atoms with Crippen molar-refractivity contribution in [2.75, 3.05) is 23.3 Å². The van der Waals surface area contributed by atoms with E-state index in [9.17, 15) is 9.59 Å². The fourth-order valence-electron chi connectivity index (χ4n) is 4.30. The molecule has 2 aromatic carbocycles. The van der Waals surface area contributed by atoms with Gasteiger partial charge in [0.15, 0.2) is 0 Å². The molecular weight excluding hydrogens is 398 g/mol. The summed E-state index contributed by atoms with van der Waals surface area (Å²) in [6.07, 6.45) is 7.36. The van der Waals surface area contributed by atoms with Crippen LogP contribution < -0.4 is 15.5 Å². The average Bonchev–Trinajstić information content (AvgIpc) is 2.84. The van der Waals surface area contributed by atoms with Crippen LogP contribution in [-0.4, -0.2) is 24.9 Å². The quantitative estimate of drug-likeness (QED) is 0.499. The Bertz CT molecular complexity index is 876. The molecule has 2 N–H and O–H groups in total. The third-order valence-corrected chi connectivity index (χ3v) is 6.27.